The maximum absolute atomic E-state index is 14.5. The van der Waals surface area contributed by atoms with Crippen LogP contribution in [0.25, 0.3) is 10.9 Å². The molecule has 184 valence electrons. The molecule has 2 aliphatic rings. The number of anilines is 5. The predicted molar refractivity (Wildman–Crippen MR) is 136 cm³/mol. The topological polar surface area (TPSA) is 103 Å². The molecule has 1 aliphatic heterocycles. The average Bonchev–Trinajstić information content (AvgIpc) is 3.36. The summed E-state index contributed by atoms with van der Waals surface area (Å²) in [6, 6.07) is 6.64. The van der Waals surface area contributed by atoms with Crippen LogP contribution in [-0.4, -0.2) is 43.1 Å². The van der Waals surface area contributed by atoms with Crippen molar-refractivity contribution in [2.24, 2.45) is 5.92 Å². The van der Waals surface area contributed by atoms with Gasteiger partial charge in [-0.2, -0.15) is 10.1 Å². The minimum absolute atomic E-state index is 0.0362. The molecule has 9 nitrogen and oxygen atoms in total. The molecule has 1 aliphatic carbocycles. The van der Waals surface area contributed by atoms with Gasteiger partial charge in [-0.25, -0.2) is 9.37 Å². The molecular weight excluding hydrogens is 459 g/mol. The Morgan fingerprint density at radius 3 is 2.72 bits per heavy atom. The van der Waals surface area contributed by atoms with Gasteiger partial charge in [0.05, 0.1) is 24.3 Å². The van der Waals surface area contributed by atoms with E-state index in [9.17, 15) is 9.18 Å². The van der Waals surface area contributed by atoms with Crippen LogP contribution in [0.15, 0.2) is 49.1 Å². The summed E-state index contributed by atoms with van der Waals surface area (Å²) in [5.41, 5.74) is 2.16. The number of H-pyrrole nitrogens is 1. The molecule has 4 aromatic rings. The molecule has 6 rings (SSSR count). The molecule has 0 saturated heterocycles. The number of amides is 1. The highest BCUT2D eigenvalue weighted by molar-refractivity contribution is 6.09. The lowest BCUT2D eigenvalue weighted by Crippen LogP contribution is -2.55. The number of hydrogen-bond acceptors (Lipinski definition) is 7. The van der Waals surface area contributed by atoms with Gasteiger partial charge in [0.1, 0.15) is 17.2 Å². The number of pyridine rings is 1. The third kappa shape index (κ3) is 3.82. The van der Waals surface area contributed by atoms with Gasteiger partial charge in [-0.3, -0.25) is 19.8 Å². The van der Waals surface area contributed by atoms with E-state index in [0.717, 1.165) is 25.7 Å². The normalized spacial score (nSPS) is 22.1. The highest BCUT2D eigenvalue weighted by atomic mass is 19.1. The Bertz CT molecular complexity index is 1420. The number of fused-ring (bicyclic) bond motifs is 2. The standard InChI is InChI=1S/C26H27FN8O/c1-15-5-7-19(8-6-15)34-16(2)25(36)35(20-4-3-9-28-13-20)22-14-29-26(32-24(22)34)31-18-10-17-12-30-33-23(17)21(27)11-18/h3-4,9-16,19H,5-8H2,1-2H3,(H,30,33)(H,29,31,32)/t15?,16-,19?/m1/s1. The number of hydrogen-bond donors (Lipinski definition) is 2. The van der Waals surface area contributed by atoms with Crippen molar-refractivity contribution in [1.29, 1.82) is 0 Å². The van der Waals surface area contributed by atoms with Crippen molar-refractivity contribution < 1.29 is 9.18 Å². The van der Waals surface area contributed by atoms with E-state index >= 15 is 0 Å². The van der Waals surface area contributed by atoms with E-state index in [0.29, 0.717) is 45.6 Å². The predicted octanol–water partition coefficient (Wildman–Crippen LogP) is 5.08. The van der Waals surface area contributed by atoms with Crippen molar-refractivity contribution in [3.8, 4) is 0 Å². The van der Waals surface area contributed by atoms with E-state index in [2.05, 4.69) is 37.3 Å². The van der Waals surface area contributed by atoms with Crippen LogP contribution in [0.1, 0.15) is 39.5 Å². The smallest absolute Gasteiger partial charge is 0.254 e. The summed E-state index contributed by atoms with van der Waals surface area (Å²) in [7, 11) is 0. The number of halogens is 1. The highest BCUT2D eigenvalue weighted by Crippen LogP contribution is 2.42. The second-order valence-electron chi connectivity index (χ2n) is 9.70. The summed E-state index contributed by atoms with van der Waals surface area (Å²) in [6.07, 6.45) is 10.8. The summed E-state index contributed by atoms with van der Waals surface area (Å²) in [6.45, 7) is 4.21. The molecule has 0 bridgehead atoms. The first-order valence-corrected chi connectivity index (χ1v) is 12.3. The molecule has 1 aromatic carbocycles. The second-order valence-corrected chi connectivity index (χ2v) is 9.70. The van der Waals surface area contributed by atoms with Gasteiger partial charge in [-0.05, 0) is 62.8 Å². The Labute approximate surface area is 207 Å². The number of nitrogens with one attached hydrogen (secondary N) is 2. The van der Waals surface area contributed by atoms with E-state index in [4.69, 9.17) is 4.98 Å². The lowest BCUT2D eigenvalue weighted by molar-refractivity contribution is -0.119. The molecule has 0 radical (unpaired) electrons. The Hall–Kier alpha value is -4.08. The maximum atomic E-state index is 14.5. The Morgan fingerprint density at radius 2 is 1.94 bits per heavy atom. The van der Waals surface area contributed by atoms with Crippen LogP contribution >= 0.6 is 0 Å². The SMILES string of the molecule is CC1CCC(N2c3nc(Nc4cc(F)c5[nH]ncc5c4)ncc3N(c3cccnc3)C(=O)[C@H]2C)CC1. The Kier molecular flexibility index (Phi) is 5.50. The highest BCUT2D eigenvalue weighted by Gasteiger charge is 2.41. The van der Waals surface area contributed by atoms with Crippen molar-refractivity contribution in [1.82, 2.24) is 25.1 Å². The van der Waals surface area contributed by atoms with Crippen molar-refractivity contribution in [2.75, 3.05) is 15.1 Å². The molecule has 10 heteroatoms. The van der Waals surface area contributed by atoms with E-state index in [1.165, 1.54) is 6.07 Å². The summed E-state index contributed by atoms with van der Waals surface area (Å²) < 4.78 is 14.5. The number of rotatable bonds is 4. The quantitative estimate of drug-likeness (QED) is 0.414. The lowest BCUT2D eigenvalue weighted by Gasteiger charge is -2.46. The number of nitrogens with zero attached hydrogens (tertiary/aromatic N) is 6. The van der Waals surface area contributed by atoms with Gasteiger partial charge in [0.15, 0.2) is 11.6 Å². The molecular formula is C26H27FN8O. The summed E-state index contributed by atoms with van der Waals surface area (Å²) in [5, 5.41) is 10.4. The molecule has 1 fully saturated rings. The number of aromatic nitrogens is 5. The Morgan fingerprint density at radius 1 is 1.11 bits per heavy atom. The van der Waals surface area contributed by atoms with Crippen molar-refractivity contribution >= 4 is 45.6 Å². The van der Waals surface area contributed by atoms with Gasteiger partial charge in [-0.1, -0.05) is 6.92 Å². The van der Waals surface area contributed by atoms with Crippen molar-refractivity contribution in [2.45, 2.75) is 51.6 Å². The molecule has 0 spiro atoms. The zero-order valence-corrected chi connectivity index (χ0v) is 20.1. The van der Waals surface area contributed by atoms with Gasteiger partial charge < -0.3 is 10.2 Å². The van der Waals surface area contributed by atoms with Crippen LogP contribution in [0.4, 0.5) is 33.2 Å². The number of benzene rings is 1. The van der Waals surface area contributed by atoms with E-state index in [1.54, 1.807) is 41.8 Å². The first kappa shape index (κ1) is 22.4. The van der Waals surface area contributed by atoms with Gasteiger partial charge >= 0.3 is 0 Å². The molecule has 0 unspecified atom stereocenters. The molecule has 3 aromatic heterocycles. The van der Waals surface area contributed by atoms with E-state index in [1.807, 2.05) is 13.0 Å². The fourth-order valence-electron chi connectivity index (χ4n) is 5.36. The third-order valence-corrected chi connectivity index (χ3v) is 7.27. The van der Waals surface area contributed by atoms with Crippen LogP contribution in [0.3, 0.4) is 0 Å². The lowest BCUT2D eigenvalue weighted by atomic mass is 9.85. The average molecular weight is 487 g/mol. The van der Waals surface area contributed by atoms with Gasteiger partial charge in [-0.15, -0.1) is 0 Å². The first-order valence-electron chi connectivity index (χ1n) is 12.3. The largest absolute Gasteiger partial charge is 0.340 e. The van der Waals surface area contributed by atoms with Gasteiger partial charge in [0.25, 0.3) is 5.91 Å². The number of carbonyl (C=O) groups is 1. The molecule has 1 atom stereocenters. The minimum atomic E-state index is -0.412. The third-order valence-electron chi connectivity index (χ3n) is 7.27. The molecule has 2 N–H and O–H groups in total. The zero-order valence-electron chi connectivity index (χ0n) is 20.1. The minimum Gasteiger partial charge on any atom is -0.340 e. The van der Waals surface area contributed by atoms with Crippen LogP contribution in [0.5, 0.6) is 0 Å². The first-order chi connectivity index (χ1) is 17.5. The van der Waals surface area contributed by atoms with E-state index in [-0.39, 0.29) is 11.9 Å². The van der Waals surface area contributed by atoms with Crippen LogP contribution in [0, 0.1) is 11.7 Å². The second kappa shape index (κ2) is 8.85. The molecule has 1 saturated carbocycles. The van der Waals surface area contributed by atoms with E-state index < -0.39 is 11.9 Å². The van der Waals surface area contributed by atoms with Crippen LogP contribution in [-0.2, 0) is 4.79 Å². The molecule has 36 heavy (non-hydrogen) atoms. The molecule has 4 heterocycles. The number of carbonyl (C=O) groups excluding carboxylic acids is 1. The van der Waals surface area contributed by atoms with Gasteiger partial charge in [0, 0.05) is 23.3 Å². The van der Waals surface area contributed by atoms with Crippen molar-refractivity contribution in [3.63, 3.8) is 0 Å². The maximum Gasteiger partial charge on any atom is 0.254 e. The summed E-state index contributed by atoms with van der Waals surface area (Å²) in [4.78, 5) is 31.1. The van der Waals surface area contributed by atoms with Crippen LogP contribution < -0.4 is 15.1 Å². The van der Waals surface area contributed by atoms with Gasteiger partial charge in [0.2, 0.25) is 5.95 Å². The molecule has 1 amide bonds. The van der Waals surface area contributed by atoms with Crippen LogP contribution in [0.2, 0.25) is 0 Å². The van der Waals surface area contributed by atoms with Crippen molar-refractivity contribution in [3.05, 3.63) is 54.9 Å². The fraction of sp³-hybridized carbons (Fsp3) is 0.346. The zero-order chi connectivity index (χ0) is 24.8. The summed E-state index contributed by atoms with van der Waals surface area (Å²) in [5.74, 6) is 1.25. The number of aromatic amines is 1. The summed E-state index contributed by atoms with van der Waals surface area (Å²) >= 11 is 0. The fourth-order valence-corrected chi connectivity index (χ4v) is 5.36. The monoisotopic (exact) mass is 486 g/mol. The Balaban J connectivity index is 1.43.